The first kappa shape index (κ1) is 31.5. The number of piperidine rings is 1. The van der Waals surface area contributed by atoms with Crippen molar-refractivity contribution in [1.29, 1.82) is 0 Å². The molecule has 2 aliphatic heterocycles. The number of nitrogens with two attached hydrogens (primary N) is 1. The van der Waals surface area contributed by atoms with E-state index in [2.05, 4.69) is 10.3 Å². The van der Waals surface area contributed by atoms with Crippen LogP contribution >= 0.6 is 0 Å². The molecule has 3 aromatic rings. The third kappa shape index (κ3) is 7.40. The lowest BCUT2D eigenvalue weighted by molar-refractivity contribution is -0.0566. The van der Waals surface area contributed by atoms with E-state index in [1.165, 1.54) is 0 Å². The first-order valence-corrected chi connectivity index (χ1v) is 15.4. The Bertz CT molecular complexity index is 1420. The van der Waals surface area contributed by atoms with Gasteiger partial charge in [-0.15, -0.1) is 0 Å². The molecule has 2 unspecified atom stereocenters. The van der Waals surface area contributed by atoms with E-state index in [0.717, 1.165) is 36.1 Å². The number of morpholine rings is 1. The number of aliphatic hydroxyl groups excluding tert-OH is 1. The van der Waals surface area contributed by atoms with E-state index in [1.807, 2.05) is 41.6 Å². The van der Waals surface area contributed by atoms with Crippen LogP contribution in [0.2, 0.25) is 0 Å². The van der Waals surface area contributed by atoms with Gasteiger partial charge in [0.05, 0.1) is 61.8 Å². The molecule has 2 fully saturated rings. The van der Waals surface area contributed by atoms with Gasteiger partial charge in [0.15, 0.2) is 0 Å². The number of aliphatic hydroxyl groups is 1. The molecule has 0 radical (unpaired) electrons. The quantitative estimate of drug-likeness (QED) is 0.270. The second-order valence-corrected chi connectivity index (χ2v) is 11.5. The molecule has 44 heavy (non-hydrogen) atoms. The molecule has 0 saturated carbocycles. The summed E-state index contributed by atoms with van der Waals surface area (Å²) in [4.78, 5) is 32.6. The minimum atomic E-state index is -0.762. The number of carbonyl (C=O) groups excluding carboxylic acids is 2. The van der Waals surface area contributed by atoms with Crippen molar-refractivity contribution in [3.63, 3.8) is 0 Å². The number of nitrogens with zero attached hydrogens (tertiary/aromatic N) is 3. The number of carbonyl (C=O) groups is 2. The highest BCUT2D eigenvalue weighted by atomic mass is 16.5. The van der Waals surface area contributed by atoms with Crippen molar-refractivity contribution in [2.45, 2.75) is 70.4 Å². The van der Waals surface area contributed by atoms with Crippen molar-refractivity contribution in [2.24, 2.45) is 12.8 Å². The van der Waals surface area contributed by atoms with Gasteiger partial charge in [-0.1, -0.05) is 6.07 Å². The summed E-state index contributed by atoms with van der Waals surface area (Å²) >= 11 is 0. The monoisotopic (exact) mass is 605 g/mol. The highest BCUT2D eigenvalue weighted by Gasteiger charge is 2.38. The molecule has 3 heterocycles. The Labute approximate surface area is 258 Å². The summed E-state index contributed by atoms with van der Waals surface area (Å²) in [5, 5.41) is 13.5. The summed E-state index contributed by atoms with van der Waals surface area (Å²) in [5.41, 5.74) is 9.75. The predicted octanol–water partition coefficient (Wildman–Crippen LogP) is 2.97. The Kier molecular flexibility index (Phi) is 10.5. The standard InChI is InChI=1S/C33H43N5O6/c1-3-43-31-14-23(33(41)38-25-5-4-6-26(38)19-42-18-25)9-12-30(31)32(40)36-17-28(39)10-7-22-8-11-29(13-24(22)15-34)44-20-27-16-35-21-37(27)2/h8-9,11-14,16,21,25-26,28,39H,3-7,10,15,17-20,34H2,1-2H3,(H,36,40)/t25?,26?,28-/m0/s1. The summed E-state index contributed by atoms with van der Waals surface area (Å²) in [5.74, 6) is 0.638. The minimum absolute atomic E-state index is 0.0591. The van der Waals surface area contributed by atoms with Crippen LogP contribution in [0.5, 0.6) is 11.5 Å². The van der Waals surface area contributed by atoms with Crippen molar-refractivity contribution in [3.05, 3.63) is 76.9 Å². The molecule has 0 aliphatic carbocycles. The lowest BCUT2D eigenvalue weighted by Crippen LogP contribution is -2.57. The van der Waals surface area contributed by atoms with Gasteiger partial charge in [-0.05, 0) is 80.5 Å². The Hall–Kier alpha value is -3.93. The van der Waals surface area contributed by atoms with Gasteiger partial charge in [-0.3, -0.25) is 9.59 Å². The van der Waals surface area contributed by atoms with E-state index < -0.39 is 6.10 Å². The van der Waals surface area contributed by atoms with Crippen molar-refractivity contribution in [2.75, 3.05) is 26.4 Å². The summed E-state index contributed by atoms with van der Waals surface area (Å²) in [7, 11) is 1.92. The van der Waals surface area contributed by atoms with Crippen LogP contribution in [0.4, 0.5) is 0 Å². The average molecular weight is 606 g/mol. The molecule has 2 amide bonds. The summed E-state index contributed by atoms with van der Waals surface area (Å²) in [6.07, 6.45) is 6.73. The van der Waals surface area contributed by atoms with Crippen LogP contribution in [0.3, 0.4) is 0 Å². The summed E-state index contributed by atoms with van der Waals surface area (Å²) < 4.78 is 19.3. The third-order valence-corrected chi connectivity index (χ3v) is 8.44. The number of rotatable bonds is 13. The van der Waals surface area contributed by atoms with Crippen molar-refractivity contribution >= 4 is 11.8 Å². The number of ether oxygens (including phenoxy) is 3. The molecule has 5 rings (SSSR count). The molecule has 4 N–H and O–H groups in total. The normalized spacial score (nSPS) is 18.5. The average Bonchev–Trinajstić information content (AvgIpc) is 3.45. The van der Waals surface area contributed by atoms with Crippen LogP contribution in [0.1, 0.15) is 70.1 Å². The fourth-order valence-electron chi connectivity index (χ4n) is 5.97. The van der Waals surface area contributed by atoms with Gasteiger partial charge in [0, 0.05) is 25.7 Å². The predicted molar refractivity (Wildman–Crippen MR) is 165 cm³/mol. The molecule has 3 atom stereocenters. The molecule has 2 saturated heterocycles. The molecule has 2 bridgehead atoms. The number of imidazole rings is 1. The number of fused-ring (bicyclic) bond motifs is 2. The number of hydrogen-bond donors (Lipinski definition) is 3. The molecule has 1 aromatic heterocycles. The number of amides is 2. The van der Waals surface area contributed by atoms with E-state index in [1.54, 1.807) is 30.7 Å². The molecule has 11 heteroatoms. The zero-order valence-electron chi connectivity index (χ0n) is 25.5. The topological polar surface area (TPSA) is 141 Å². The molecular formula is C33H43N5O6. The number of nitrogens with one attached hydrogen (secondary N) is 1. The van der Waals surface area contributed by atoms with E-state index in [9.17, 15) is 14.7 Å². The number of benzene rings is 2. The molecule has 0 spiro atoms. The molecule has 236 valence electrons. The fraction of sp³-hybridized carbons (Fsp3) is 0.485. The molecular weight excluding hydrogens is 562 g/mol. The van der Waals surface area contributed by atoms with Crippen molar-refractivity contribution < 1.29 is 28.9 Å². The van der Waals surface area contributed by atoms with E-state index >= 15 is 0 Å². The maximum atomic E-state index is 13.5. The van der Waals surface area contributed by atoms with Gasteiger partial charge in [-0.2, -0.15) is 0 Å². The van der Waals surface area contributed by atoms with Crippen LogP contribution < -0.4 is 20.5 Å². The molecule has 2 aliphatic rings. The van der Waals surface area contributed by atoms with Crippen LogP contribution in [0.15, 0.2) is 48.9 Å². The largest absolute Gasteiger partial charge is 0.493 e. The summed E-state index contributed by atoms with van der Waals surface area (Å²) in [6.45, 7) is 4.12. The number of aryl methyl sites for hydroxylation is 2. The lowest BCUT2D eigenvalue weighted by Gasteiger charge is -2.45. The Balaban J connectivity index is 1.15. The van der Waals surface area contributed by atoms with Gasteiger partial charge >= 0.3 is 0 Å². The zero-order chi connectivity index (χ0) is 31.1. The molecule has 2 aromatic carbocycles. The van der Waals surface area contributed by atoms with Crippen LogP contribution in [-0.2, 0) is 31.4 Å². The van der Waals surface area contributed by atoms with Gasteiger partial charge in [0.2, 0.25) is 0 Å². The second kappa shape index (κ2) is 14.7. The van der Waals surface area contributed by atoms with Gasteiger partial charge in [-0.25, -0.2) is 4.98 Å². The number of aromatic nitrogens is 2. The van der Waals surface area contributed by atoms with E-state index in [-0.39, 0.29) is 30.4 Å². The smallest absolute Gasteiger partial charge is 0.255 e. The Morgan fingerprint density at radius 1 is 1.14 bits per heavy atom. The summed E-state index contributed by atoms with van der Waals surface area (Å²) in [6, 6.07) is 10.9. The first-order valence-electron chi connectivity index (χ1n) is 15.4. The van der Waals surface area contributed by atoms with E-state index in [0.29, 0.717) is 68.4 Å². The van der Waals surface area contributed by atoms with Gasteiger partial charge in [0.1, 0.15) is 18.1 Å². The highest BCUT2D eigenvalue weighted by Crippen LogP contribution is 2.30. The maximum Gasteiger partial charge on any atom is 0.255 e. The molecule has 11 nitrogen and oxygen atoms in total. The Morgan fingerprint density at radius 2 is 1.93 bits per heavy atom. The SMILES string of the molecule is CCOc1cc(C(=O)N2C3CCCC2COC3)ccc1C(=O)NC[C@@H](O)CCc1ccc(OCc2cncn2C)cc1CN. The minimum Gasteiger partial charge on any atom is -0.493 e. The zero-order valence-corrected chi connectivity index (χ0v) is 25.5. The third-order valence-electron chi connectivity index (χ3n) is 8.44. The first-order chi connectivity index (χ1) is 21.4. The van der Waals surface area contributed by atoms with Crippen LogP contribution in [0, 0.1) is 0 Å². The fourth-order valence-corrected chi connectivity index (χ4v) is 5.97. The Morgan fingerprint density at radius 3 is 2.64 bits per heavy atom. The van der Waals surface area contributed by atoms with Crippen molar-refractivity contribution in [3.8, 4) is 11.5 Å². The van der Waals surface area contributed by atoms with Crippen molar-refractivity contribution in [1.82, 2.24) is 19.8 Å². The highest BCUT2D eigenvalue weighted by molar-refractivity contribution is 6.00. The second-order valence-electron chi connectivity index (χ2n) is 11.5. The lowest BCUT2D eigenvalue weighted by atomic mass is 9.93. The van der Waals surface area contributed by atoms with Crippen LogP contribution in [-0.4, -0.2) is 75.9 Å². The number of hydrogen-bond acceptors (Lipinski definition) is 8. The van der Waals surface area contributed by atoms with Gasteiger partial charge in [0.25, 0.3) is 11.8 Å². The maximum absolute atomic E-state index is 13.5. The van der Waals surface area contributed by atoms with Crippen LogP contribution in [0.25, 0.3) is 0 Å². The van der Waals surface area contributed by atoms with Gasteiger partial charge < -0.3 is 39.8 Å². The van der Waals surface area contributed by atoms with E-state index in [4.69, 9.17) is 19.9 Å².